The van der Waals surface area contributed by atoms with E-state index in [1.54, 1.807) is 26.0 Å². The molecule has 0 saturated carbocycles. The zero-order valence-corrected chi connectivity index (χ0v) is 17.8. The summed E-state index contributed by atoms with van der Waals surface area (Å²) in [6, 6.07) is 6.05. The Morgan fingerprint density at radius 1 is 1.30 bits per heavy atom. The highest BCUT2D eigenvalue weighted by atomic mass is 32.1. The van der Waals surface area contributed by atoms with Crippen molar-refractivity contribution >= 4 is 33.4 Å². The molecule has 0 unspecified atom stereocenters. The van der Waals surface area contributed by atoms with Gasteiger partial charge in [0.1, 0.15) is 22.1 Å². The van der Waals surface area contributed by atoms with Crippen LogP contribution < -0.4 is 5.56 Å². The first-order valence-corrected chi connectivity index (χ1v) is 10.3. The first-order valence-electron chi connectivity index (χ1n) is 9.53. The number of aryl methyl sites for hydroxylation is 1. The summed E-state index contributed by atoms with van der Waals surface area (Å²) >= 11 is 1.10. The summed E-state index contributed by atoms with van der Waals surface area (Å²) in [6.45, 7) is 5.87. The van der Waals surface area contributed by atoms with Crippen LogP contribution in [0.1, 0.15) is 34.6 Å². The van der Waals surface area contributed by atoms with E-state index < -0.39 is 5.97 Å². The molecular weight excluding hydrogens is 409 g/mol. The Morgan fingerprint density at radius 3 is 2.73 bits per heavy atom. The minimum Gasteiger partial charge on any atom is -0.462 e. The second kappa shape index (κ2) is 9.17. The van der Waals surface area contributed by atoms with E-state index >= 15 is 0 Å². The lowest BCUT2D eigenvalue weighted by Gasteiger charge is -2.21. The SMILES string of the molecule is CCOC(=O)c1sc2ncn(CC(=O)N(CC)Cc3cccc(F)c3)c(=O)c2c1C. The van der Waals surface area contributed by atoms with E-state index in [4.69, 9.17) is 4.74 Å². The number of esters is 1. The van der Waals surface area contributed by atoms with Gasteiger partial charge in [-0.25, -0.2) is 14.2 Å². The molecule has 1 amide bonds. The van der Waals surface area contributed by atoms with Gasteiger partial charge in [0.25, 0.3) is 5.56 Å². The molecule has 3 aromatic rings. The van der Waals surface area contributed by atoms with Gasteiger partial charge in [-0.05, 0) is 44.0 Å². The third kappa shape index (κ3) is 4.40. The predicted molar refractivity (Wildman–Crippen MR) is 112 cm³/mol. The summed E-state index contributed by atoms with van der Waals surface area (Å²) in [5.74, 6) is -1.15. The van der Waals surface area contributed by atoms with Crippen molar-refractivity contribution in [3.8, 4) is 0 Å². The highest BCUT2D eigenvalue weighted by Gasteiger charge is 2.21. The van der Waals surface area contributed by atoms with Crippen molar-refractivity contribution in [2.75, 3.05) is 13.2 Å². The van der Waals surface area contributed by atoms with Crippen molar-refractivity contribution in [1.29, 1.82) is 0 Å². The molecule has 7 nitrogen and oxygen atoms in total. The molecular formula is C21H22FN3O4S. The molecule has 0 fully saturated rings. The highest BCUT2D eigenvalue weighted by molar-refractivity contribution is 7.20. The number of hydrogen-bond donors (Lipinski definition) is 0. The molecule has 9 heteroatoms. The topological polar surface area (TPSA) is 81.5 Å². The lowest BCUT2D eigenvalue weighted by Crippen LogP contribution is -2.36. The average molecular weight is 431 g/mol. The fourth-order valence-corrected chi connectivity index (χ4v) is 4.17. The normalized spacial score (nSPS) is 10.9. The number of halogens is 1. The van der Waals surface area contributed by atoms with Crippen molar-refractivity contribution in [2.45, 2.75) is 33.9 Å². The van der Waals surface area contributed by atoms with Gasteiger partial charge in [-0.1, -0.05) is 12.1 Å². The van der Waals surface area contributed by atoms with Crippen molar-refractivity contribution in [1.82, 2.24) is 14.5 Å². The number of thiophene rings is 1. The number of carbonyl (C=O) groups excluding carboxylic acids is 2. The van der Waals surface area contributed by atoms with Crippen LogP contribution in [0.15, 0.2) is 35.4 Å². The second-order valence-electron chi connectivity index (χ2n) is 6.67. The number of hydrogen-bond acceptors (Lipinski definition) is 6. The molecule has 0 aliphatic heterocycles. The number of carbonyl (C=O) groups is 2. The Kier molecular flexibility index (Phi) is 6.61. The second-order valence-corrected chi connectivity index (χ2v) is 7.67. The fraction of sp³-hybridized carbons (Fsp3) is 0.333. The summed E-state index contributed by atoms with van der Waals surface area (Å²) in [5, 5.41) is 0.312. The number of likely N-dealkylation sites (N-methyl/N-ethyl adjacent to an activating group) is 1. The lowest BCUT2D eigenvalue weighted by molar-refractivity contribution is -0.132. The summed E-state index contributed by atoms with van der Waals surface area (Å²) in [6.07, 6.45) is 1.31. The Morgan fingerprint density at radius 2 is 2.07 bits per heavy atom. The van der Waals surface area contributed by atoms with Gasteiger partial charge in [0.2, 0.25) is 5.91 Å². The molecule has 3 rings (SSSR count). The smallest absolute Gasteiger partial charge is 0.348 e. The molecule has 1 aromatic carbocycles. The van der Waals surface area contributed by atoms with Gasteiger partial charge < -0.3 is 9.64 Å². The minimum absolute atomic E-state index is 0.199. The molecule has 0 radical (unpaired) electrons. The highest BCUT2D eigenvalue weighted by Crippen LogP contribution is 2.27. The summed E-state index contributed by atoms with van der Waals surface area (Å²) in [7, 11) is 0. The van der Waals surface area contributed by atoms with E-state index in [9.17, 15) is 18.8 Å². The van der Waals surface area contributed by atoms with Crippen LogP contribution in [0.25, 0.3) is 10.2 Å². The molecule has 0 saturated heterocycles. The third-order valence-electron chi connectivity index (χ3n) is 4.68. The molecule has 0 aliphatic rings. The first-order chi connectivity index (χ1) is 14.3. The van der Waals surface area contributed by atoms with Gasteiger partial charge in [-0.15, -0.1) is 11.3 Å². The first kappa shape index (κ1) is 21.6. The van der Waals surface area contributed by atoms with Crippen LogP contribution in [0, 0.1) is 12.7 Å². The number of ether oxygens (including phenoxy) is 1. The van der Waals surface area contributed by atoms with E-state index in [0.29, 0.717) is 32.8 Å². The standard InChI is InChI=1S/C21H22FN3O4S/c1-4-24(10-14-7-6-8-15(22)9-14)16(26)11-25-12-23-19-17(20(25)27)13(3)18(30-19)21(28)29-5-2/h6-9,12H,4-5,10-11H2,1-3H3. The molecule has 2 aromatic heterocycles. The van der Waals surface area contributed by atoms with Crippen LogP contribution in [0.5, 0.6) is 0 Å². The fourth-order valence-electron chi connectivity index (χ4n) is 3.14. The quantitative estimate of drug-likeness (QED) is 0.537. The summed E-state index contributed by atoms with van der Waals surface area (Å²) < 4.78 is 19.7. The minimum atomic E-state index is -0.493. The molecule has 0 aliphatic carbocycles. The summed E-state index contributed by atoms with van der Waals surface area (Å²) in [5.41, 5.74) is 0.776. The summed E-state index contributed by atoms with van der Waals surface area (Å²) in [4.78, 5) is 44.4. The molecule has 2 heterocycles. The van der Waals surface area contributed by atoms with Crippen LogP contribution in [0.4, 0.5) is 4.39 Å². The maximum Gasteiger partial charge on any atom is 0.348 e. The molecule has 30 heavy (non-hydrogen) atoms. The van der Waals surface area contributed by atoms with E-state index in [0.717, 1.165) is 11.3 Å². The number of amides is 1. The molecule has 0 atom stereocenters. The van der Waals surface area contributed by atoms with Crippen molar-refractivity contribution in [3.05, 3.63) is 62.8 Å². The van der Waals surface area contributed by atoms with Gasteiger partial charge in [0.05, 0.1) is 18.3 Å². The maximum absolute atomic E-state index is 13.4. The predicted octanol–water partition coefficient (Wildman–Crippen LogP) is 3.13. The van der Waals surface area contributed by atoms with Crippen LogP contribution in [0.2, 0.25) is 0 Å². The van der Waals surface area contributed by atoms with Crippen LogP contribution in [0.3, 0.4) is 0 Å². The van der Waals surface area contributed by atoms with Crippen molar-refractivity contribution < 1.29 is 18.7 Å². The van der Waals surface area contributed by atoms with Crippen LogP contribution >= 0.6 is 11.3 Å². The largest absolute Gasteiger partial charge is 0.462 e. The Labute approximate surface area is 176 Å². The molecule has 158 valence electrons. The Hall–Kier alpha value is -3.07. The van der Waals surface area contributed by atoms with E-state index in [-0.39, 0.29) is 37.0 Å². The van der Waals surface area contributed by atoms with E-state index in [1.165, 1.54) is 27.9 Å². The molecule has 0 spiro atoms. The van der Waals surface area contributed by atoms with Gasteiger partial charge in [-0.2, -0.15) is 0 Å². The zero-order chi connectivity index (χ0) is 21.8. The third-order valence-corrected chi connectivity index (χ3v) is 5.86. The monoisotopic (exact) mass is 431 g/mol. The molecule has 0 bridgehead atoms. The maximum atomic E-state index is 13.4. The zero-order valence-electron chi connectivity index (χ0n) is 17.0. The van der Waals surface area contributed by atoms with Gasteiger partial charge in [-0.3, -0.25) is 14.2 Å². The van der Waals surface area contributed by atoms with E-state index in [2.05, 4.69) is 4.98 Å². The Bertz CT molecular complexity index is 1150. The molecule has 0 N–H and O–H groups in total. The number of benzene rings is 1. The van der Waals surface area contributed by atoms with Gasteiger partial charge >= 0.3 is 5.97 Å². The Balaban J connectivity index is 1.86. The van der Waals surface area contributed by atoms with Gasteiger partial charge in [0.15, 0.2) is 0 Å². The van der Waals surface area contributed by atoms with Gasteiger partial charge in [0, 0.05) is 13.1 Å². The number of aromatic nitrogens is 2. The van der Waals surface area contributed by atoms with Crippen LogP contribution in [-0.2, 0) is 22.6 Å². The number of fused-ring (bicyclic) bond motifs is 1. The average Bonchev–Trinajstić information content (AvgIpc) is 3.05. The van der Waals surface area contributed by atoms with Crippen molar-refractivity contribution in [3.63, 3.8) is 0 Å². The lowest BCUT2D eigenvalue weighted by atomic mass is 10.2. The number of rotatable bonds is 7. The van der Waals surface area contributed by atoms with Crippen LogP contribution in [-0.4, -0.2) is 39.5 Å². The van der Waals surface area contributed by atoms with Crippen molar-refractivity contribution in [2.24, 2.45) is 0 Å². The number of nitrogens with zero attached hydrogens (tertiary/aromatic N) is 3. The van der Waals surface area contributed by atoms with E-state index in [1.807, 2.05) is 6.92 Å².